The van der Waals surface area contributed by atoms with Gasteiger partial charge in [-0.2, -0.15) is 0 Å². The van der Waals surface area contributed by atoms with E-state index < -0.39 is 0 Å². The third-order valence-electron chi connectivity index (χ3n) is 6.68. The maximum Gasteiger partial charge on any atom is 0.338 e. The first kappa shape index (κ1) is 24.7. The molecule has 0 saturated heterocycles. The van der Waals surface area contributed by atoms with E-state index in [1.165, 1.54) is 7.11 Å². The third-order valence-corrected chi connectivity index (χ3v) is 6.68. The maximum atomic E-state index is 12.6. The number of carbonyl (C=O) groups excluding carboxylic acids is 2. The van der Waals surface area contributed by atoms with Crippen LogP contribution in [-0.2, 0) is 19.1 Å². The molecular weight excluding hydrogens is 392 g/mol. The first-order valence-electron chi connectivity index (χ1n) is 11.1. The summed E-state index contributed by atoms with van der Waals surface area (Å²) in [6.07, 6.45) is 12.4. The molecule has 0 bridgehead atoms. The Morgan fingerprint density at radius 3 is 2.74 bits per heavy atom. The van der Waals surface area contributed by atoms with Gasteiger partial charge in [0.15, 0.2) is 0 Å². The molecule has 0 N–H and O–H groups in total. The van der Waals surface area contributed by atoms with E-state index in [0.29, 0.717) is 24.3 Å². The maximum absolute atomic E-state index is 12.6. The summed E-state index contributed by atoms with van der Waals surface area (Å²) in [6, 6.07) is 1.87. The minimum atomic E-state index is -0.367. The molecule has 5 nitrogen and oxygen atoms in total. The second-order valence-corrected chi connectivity index (χ2v) is 8.90. The quantitative estimate of drug-likeness (QED) is 0.474. The van der Waals surface area contributed by atoms with Gasteiger partial charge in [0.05, 0.1) is 31.1 Å². The van der Waals surface area contributed by atoms with Crippen LogP contribution in [0.5, 0.6) is 0 Å². The third kappa shape index (κ3) is 6.46. The summed E-state index contributed by atoms with van der Waals surface area (Å²) in [5, 5.41) is 0. The standard InChI is InChI=1S/C26H36O5/c1-7-18(2)24(27)31-23(21-13-15-30-17-21)16-26(5)14-9-8-10-22(25(28)29-6)19(3)11-12-20(26)4/h8-10,13,15,17-18,20,23H,3,7,11-12,14,16H2,1-2,4-6H3. The number of esters is 2. The van der Waals surface area contributed by atoms with E-state index in [1.54, 1.807) is 18.6 Å². The largest absolute Gasteiger partial charge is 0.472 e. The van der Waals surface area contributed by atoms with Gasteiger partial charge in [-0.1, -0.05) is 46.4 Å². The first-order valence-corrected chi connectivity index (χ1v) is 11.1. The van der Waals surface area contributed by atoms with Crippen molar-refractivity contribution in [2.24, 2.45) is 17.3 Å². The monoisotopic (exact) mass is 428 g/mol. The molecule has 0 radical (unpaired) electrons. The van der Waals surface area contributed by atoms with Crippen molar-refractivity contribution < 1.29 is 23.5 Å². The Hall–Kier alpha value is -2.56. The van der Waals surface area contributed by atoms with Crippen LogP contribution < -0.4 is 0 Å². The Labute approximate surface area is 186 Å². The number of hydrogen-bond acceptors (Lipinski definition) is 5. The highest BCUT2D eigenvalue weighted by atomic mass is 16.5. The Kier molecular flexibility index (Phi) is 8.90. The van der Waals surface area contributed by atoms with Crippen molar-refractivity contribution in [3.05, 3.63) is 60.1 Å². The van der Waals surface area contributed by atoms with Crippen molar-refractivity contribution in [2.75, 3.05) is 7.11 Å². The molecule has 0 fully saturated rings. The second-order valence-electron chi connectivity index (χ2n) is 8.90. The molecule has 1 aliphatic carbocycles. The molecule has 170 valence electrons. The number of rotatable bonds is 7. The molecule has 4 atom stereocenters. The van der Waals surface area contributed by atoms with Crippen LogP contribution in [-0.4, -0.2) is 19.0 Å². The number of allylic oxidation sites excluding steroid dienone is 3. The van der Waals surface area contributed by atoms with Gasteiger partial charge in [0.2, 0.25) is 0 Å². The summed E-state index contributed by atoms with van der Waals surface area (Å²) in [4.78, 5) is 24.6. The Balaban J connectivity index is 2.29. The van der Waals surface area contributed by atoms with Crippen LogP contribution in [0.3, 0.4) is 0 Å². The van der Waals surface area contributed by atoms with E-state index in [9.17, 15) is 9.59 Å². The zero-order chi connectivity index (χ0) is 23.0. The van der Waals surface area contributed by atoms with Crippen molar-refractivity contribution in [2.45, 2.75) is 65.9 Å². The summed E-state index contributed by atoms with van der Waals surface area (Å²) in [7, 11) is 1.38. The fraction of sp³-hybridized carbons (Fsp3) is 0.538. The lowest BCUT2D eigenvalue weighted by atomic mass is 9.68. The number of carbonyl (C=O) groups is 2. The average Bonchev–Trinajstić information content (AvgIpc) is 3.30. The van der Waals surface area contributed by atoms with Crippen molar-refractivity contribution >= 4 is 11.9 Å². The molecule has 1 heterocycles. The normalized spacial score (nSPS) is 24.1. The molecule has 2 rings (SSSR count). The predicted molar refractivity (Wildman–Crippen MR) is 121 cm³/mol. The molecule has 0 amide bonds. The summed E-state index contributed by atoms with van der Waals surface area (Å²) < 4.78 is 16.1. The highest BCUT2D eigenvalue weighted by Crippen LogP contribution is 2.44. The summed E-state index contributed by atoms with van der Waals surface area (Å²) in [5.74, 6) is -0.376. The van der Waals surface area contributed by atoms with Crippen LogP contribution in [0.15, 0.2) is 59.0 Å². The fourth-order valence-electron chi connectivity index (χ4n) is 3.83. The van der Waals surface area contributed by atoms with Crippen LogP contribution in [0.4, 0.5) is 0 Å². The van der Waals surface area contributed by atoms with Gasteiger partial charge in [-0.05, 0) is 61.2 Å². The SMILES string of the molecule is C=C1CCC(C)C(C)(CC(OC(=O)C(C)CC)c2ccoc2)CC=CC=C1C(=O)OC. The van der Waals surface area contributed by atoms with E-state index in [2.05, 4.69) is 26.5 Å². The van der Waals surface area contributed by atoms with Crippen molar-refractivity contribution in [3.8, 4) is 0 Å². The Morgan fingerprint density at radius 1 is 1.39 bits per heavy atom. The summed E-state index contributed by atoms with van der Waals surface area (Å²) >= 11 is 0. The van der Waals surface area contributed by atoms with Crippen molar-refractivity contribution in [1.82, 2.24) is 0 Å². The van der Waals surface area contributed by atoms with Crippen LogP contribution in [0.25, 0.3) is 0 Å². The zero-order valence-corrected chi connectivity index (χ0v) is 19.5. The lowest BCUT2D eigenvalue weighted by molar-refractivity contribution is -0.156. The number of ether oxygens (including phenoxy) is 2. The van der Waals surface area contributed by atoms with Gasteiger partial charge in [-0.25, -0.2) is 4.79 Å². The fourth-order valence-corrected chi connectivity index (χ4v) is 3.83. The smallest absolute Gasteiger partial charge is 0.338 e. The first-order chi connectivity index (χ1) is 14.7. The molecule has 0 aliphatic heterocycles. The molecule has 5 heteroatoms. The van der Waals surface area contributed by atoms with E-state index in [-0.39, 0.29) is 29.4 Å². The van der Waals surface area contributed by atoms with Gasteiger partial charge in [0.1, 0.15) is 6.10 Å². The van der Waals surface area contributed by atoms with Gasteiger partial charge < -0.3 is 13.9 Å². The number of hydrogen-bond donors (Lipinski definition) is 0. The van der Waals surface area contributed by atoms with Gasteiger partial charge in [0.25, 0.3) is 0 Å². The highest BCUT2D eigenvalue weighted by molar-refractivity contribution is 5.93. The van der Waals surface area contributed by atoms with Crippen LogP contribution in [0.1, 0.15) is 71.5 Å². The summed E-state index contributed by atoms with van der Waals surface area (Å²) in [5.41, 5.74) is 2.06. The molecule has 1 aromatic rings. The van der Waals surface area contributed by atoms with Gasteiger partial charge in [-0.3, -0.25) is 4.79 Å². The predicted octanol–water partition coefficient (Wildman–Crippen LogP) is 6.34. The van der Waals surface area contributed by atoms with Gasteiger partial charge in [-0.15, -0.1) is 0 Å². The van der Waals surface area contributed by atoms with Crippen LogP contribution in [0, 0.1) is 17.3 Å². The van der Waals surface area contributed by atoms with E-state index in [1.807, 2.05) is 26.0 Å². The molecular formula is C26H36O5. The Morgan fingerprint density at radius 2 is 2.13 bits per heavy atom. The minimum Gasteiger partial charge on any atom is -0.472 e. The molecule has 1 aliphatic rings. The molecule has 0 spiro atoms. The number of furan rings is 1. The van der Waals surface area contributed by atoms with Crippen molar-refractivity contribution in [3.63, 3.8) is 0 Å². The second kappa shape index (κ2) is 11.2. The molecule has 0 aromatic carbocycles. The van der Waals surface area contributed by atoms with Crippen molar-refractivity contribution in [1.29, 1.82) is 0 Å². The average molecular weight is 429 g/mol. The molecule has 4 unspecified atom stereocenters. The van der Waals surface area contributed by atoms with E-state index in [4.69, 9.17) is 13.9 Å². The zero-order valence-electron chi connectivity index (χ0n) is 19.5. The van der Waals surface area contributed by atoms with Crippen LogP contribution in [0.2, 0.25) is 0 Å². The topological polar surface area (TPSA) is 65.7 Å². The van der Waals surface area contributed by atoms with E-state index >= 15 is 0 Å². The lowest BCUT2D eigenvalue weighted by Crippen LogP contribution is -2.30. The van der Waals surface area contributed by atoms with Gasteiger partial charge in [0, 0.05) is 5.56 Å². The van der Waals surface area contributed by atoms with Gasteiger partial charge >= 0.3 is 11.9 Å². The van der Waals surface area contributed by atoms with E-state index in [0.717, 1.165) is 30.4 Å². The molecule has 1 aromatic heterocycles. The molecule has 0 saturated carbocycles. The highest BCUT2D eigenvalue weighted by Gasteiger charge is 2.36. The lowest BCUT2D eigenvalue weighted by Gasteiger charge is -2.38. The summed E-state index contributed by atoms with van der Waals surface area (Å²) in [6.45, 7) is 12.4. The molecule has 31 heavy (non-hydrogen) atoms. The Bertz CT molecular complexity index is 817. The number of methoxy groups -OCH3 is 1. The van der Waals surface area contributed by atoms with Crippen LogP contribution >= 0.6 is 0 Å². The minimum absolute atomic E-state index is 0.120.